The van der Waals surface area contributed by atoms with Crippen molar-refractivity contribution in [2.75, 3.05) is 0 Å². The Labute approximate surface area is 165 Å². The van der Waals surface area contributed by atoms with E-state index < -0.39 is 11.2 Å². The van der Waals surface area contributed by atoms with Crippen LogP contribution in [0.1, 0.15) is 22.4 Å². The number of aromatic amines is 2. The Hall–Kier alpha value is -4.25. The van der Waals surface area contributed by atoms with Gasteiger partial charge in [-0.15, -0.1) is 5.10 Å². The van der Waals surface area contributed by atoms with Crippen LogP contribution in [0.2, 0.25) is 0 Å². The average molecular weight is 384 g/mol. The zero-order chi connectivity index (χ0) is 20.4. The molecule has 0 spiro atoms. The topological polar surface area (TPSA) is 120 Å². The van der Waals surface area contributed by atoms with Crippen molar-refractivity contribution >= 4 is 0 Å². The zero-order valence-corrected chi connectivity index (χ0v) is 15.5. The molecule has 2 N–H and O–H groups in total. The van der Waals surface area contributed by atoms with E-state index in [4.69, 9.17) is 5.26 Å². The Morgan fingerprint density at radius 2 is 1.90 bits per heavy atom. The third-order valence-corrected chi connectivity index (χ3v) is 4.57. The van der Waals surface area contributed by atoms with E-state index in [0.717, 1.165) is 23.2 Å². The summed E-state index contributed by atoms with van der Waals surface area (Å²) in [5, 5.41) is 17.2. The van der Waals surface area contributed by atoms with Crippen LogP contribution in [-0.2, 0) is 6.42 Å². The predicted octanol–water partition coefficient (Wildman–Crippen LogP) is 2.08. The summed E-state index contributed by atoms with van der Waals surface area (Å²) in [6.07, 6.45) is 5.96. The third-order valence-electron chi connectivity index (χ3n) is 4.57. The highest BCUT2D eigenvalue weighted by Crippen LogP contribution is 2.20. The molecular formula is C21H16N6O2. The largest absolute Gasteiger partial charge is 0.325 e. The minimum Gasteiger partial charge on any atom is -0.322 e. The molecule has 0 saturated carbocycles. The van der Waals surface area contributed by atoms with Gasteiger partial charge in [0.2, 0.25) is 0 Å². The van der Waals surface area contributed by atoms with Gasteiger partial charge in [0.15, 0.2) is 0 Å². The molecule has 8 nitrogen and oxygen atoms in total. The fraction of sp³-hybridized carbons (Fsp3) is 0.0952. The number of nitrogens with zero attached hydrogens (tertiary/aromatic N) is 4. The standard InChI is InChI=1S/C21H16N6O2/c1-13-19(9-18(26-25-13)17-11-23-21(29)24-20(17)28)27-7-6-16(12-27)8-14-2-4-15(10-22)5-3-14/h2-7,9,11-12H,8H2,1H3,(H2,23,24,28,29). The SMILES string of the molecule is Cc1nnc(-c2c[nH]c(=O)[nH]c2=O)cc1-n1ccc(Cc2ccc(C#N)cc2)c1. The van der Waals surface area contributed by atoms with Crippen LogP contribution >= 0.6 is 0 Å². The van der Waals surface area contributed by atoms with Gasteiger partial charge in [-0.3, -0.25) is 9.78 Å². The Morgan fingerprint density at radius 3 is 2.62 bits per heavy atom. The fourth-order valence-corrected chi connectivity index (χ4v) is 3.06. The van der Waals surface area contributed by atoms with Crippen molar-refractivity contribution in [3.8, 4) is 23.0 Å². The zero-order valence-electron chi connectivity index (χ0n) is 15.5. The van der Waals surface area contributed by atoms with Gasteiger partial charge in [0.1, 0.15) is 5.69 Å². The number of benzene rings is 1. The van der Waals surface area contributed by atoms with Crippen molar-refractivity contribution in [2.24, 2.45) is 0 Å². The van der Waals surface area contributed by atoms with Crippen LogP contribution in [0.25, 0.3) is 16.9 Å². The quantitative estimate of drug-likeness (QED) is 0.558. The van der Waals surface area contributed by atoms with E-state index in [2.05, 4.69) is 26.2 Å². The minimum absolute atomic E-state index is 0.239. The number of hydrogen-bond acceptors (Lipinski definition) is 5. The number of nitrogens with one attached hydrogen (secondary N) is 2. The molecule has 4 rings (SSSR count). The van der Waals surface area contributed by atoms with Crippen molar-refractivity contribution in [3.05, 3.63) is 98.2 Å². The van der Waals surface area contributed by atoms with Gasteiger partial charge < -0.3 is 9.55 Å². The van der Waals surface area contributed by atoms with Crippen LogP contribution in [-0.4, -0.2) is 24.7 Å². The molecule has 0 aliphatic rings. The summed E-state index contributed by atoms with van der Waals surface area (Å²) in [5.41, 5.74) is 3.83. The van der Waals surface area contributed by atoms with Gasteiger partial charge in [-0.1, -0.05) is 12.1 Å². The first-order chi connectivity index (χ1) is 14.0. The van der Waals surface area contributed by atoms with E-state index in [1.807, 2.05) is 42.1 Å². The molecule has 0 amide bonds. The van der Waals surface area contributed by atoms with Crippen molar-refractivity contribution in [1.82, 2.24) is 24.7 Å². The van der Waals surface area contributed by atoms with Gasteiger partial charge in [-0.05, 0) is 48.7 Å². The first-order valence-corrected chi connectivity index (χ1v) is 8.86. The third kappa shape index (κ3) is 3.75. The Morgan fingerprint density at radius 1 is 1.10 bits per heavy atom. The molecule has 0 bridgehead atoms. The Bertz CT molecular complexity index is 1340. The fourth-order valence-electron chi connectivity index (χ4n) is 3.06. The Kier molecular flexibility index (Phi) is 4.63. The number of H-pyrrole nitrogens is 2. The lowest BCUT2D eigenvalue weighted by atomic mass is 10.1. The molecular weight excluding hydrogens is 368 g/mol. The summed E-state index contributed by atoms with van der Waals surface area (Å²) < 4.78 is 1.92. The number of aryl methyl sites for hydroxylation is 1. The average Bonchev–Trinajstić information content (AvgIpc) is 3.17. The van der Waals surface area contributed by atoms with Gasteiger partial charge in [0.05, 0.1) is 28.6 Å². The maximum atomic E-state index is 12.1. The highest BCUT2D eigenvalue weighted by atomic mass is 16.2. The lowest BCUT2D eigenvalue weighted by Crippen LogP contribution is -2.23. The molecule has 1 aromatic carbocycles. The molecule has 0 radical (unpaired) electrons. The maximum Gasteiger partial charge on any atom is 0.325 e. The molecule has 3 aromatic heterocycles. The first kappa shape index (κ1) is 18.1. The van der Waals surface area contributed by atoms with E-state index in [1.54, 1.807) is 18.2 Å². The normalized spacial score (nSPS) is 10.6. The van der Waals surface area contributed by atoms with Crippen LogP contribution < -0.4 is 11.2 Å². The van der Waals surface area contributed by atoms with Crippen molar-refractivity contribution in [3.63, 3.8) is 0 Å². The molecule has 0 atom stereocenters. The van der Waals surface area contributed by atoms with Gasteiger partial charge >= 0.3 is 5.69 Å². The summed E-state index contributed by atoms with van der Waals surface area (Å²) in [4.78, 5) is 27.9. The second-order valence-corrected chi connectivity index (χ2v) is 6.60. The van der Waals surface area contributed by atoms with Gasteiger partial charge in [-0.2, -0.15) is 10.4 Å². The molecule has 0 fully saturated rings. The maximum absolute atomic E-state index is 12.1. The number of aromatic nitrogens is 5. The first-order valence-electron chi connectivity index (χ1n) is 8.86. The number of rotatable bonds is 4. The molecule has 0 aliphatic carbocycles. The molecule has 8 heteroatoms. The van der Waals surface area contributed by atoms with E-state index in [-0.39, 0.29) is 5.56 Å². The minimum atomic E-state index is -0.572. The number of nitriles is 1. The van der Waals surface area contributed by atoms with E-state index in [0.29, 0.717) is 17.0 Å². The smallest absolute Gasteiger partial charge is 0.322 e. The van der Waals surface area contributed by atoms with Crippen molar-refractivity contribution in [1.29, 1.82) is 5.26 Å². The van der Waals surface area contributed by atoms with Crippen LogP contribution in [0.4, 0.5) is 0 Å². The summed E-state index contributed by atoms with van der Waals surface area (Å²) in [6.45, 7) is 1.84. The lowest BCUT2D eigenvalue weighted by Gasteiger charge is -2.08. The van der Waals surface area contributed by atoms with E-state index in [9.17, 15) is 9.59 Å². The highest BCUT2D eigenvalue weighted by Gasteiger charge is 2.11. The van der Waals surface area contributed by atoms with Gasteiger partial charge in [-0.25, -0.2) is 4.79 Å². The Balaban J connectivity index is 1.65. The van der Waals surface area contributed by atoms with Crippen molar-refractivity contribution in [2.45, 2.75) is 13.3 Å². The monoisotopic (exact) mass is 384 g/mol. The second kappa shape index (κ2) is 7.40. The van der Waals surface area contributed by atoms with E-state index in [1.165, 1.54) is 6.20 Å². The lowest BCUT2D eigenvalue weighted by molar-refractivity contribution is 0.928. The summed E-state index contributed by atoms with van der Waals surface area (Å²) in [6, 6.07) is 13.4. The van der Waals surface area contributed by atoms with E-state index >= 15 is 0 Å². The molecule has 29 heavy (non-hydrogen) atoms. The van der Waals surface area contributed by atoms with Crippen LogP contribution in [0, 0.1) is 18.3 Å². The number of hydrogen-bond donors (Lipinski definition) is 2. The van der Waals surface area contributed by atoms with Crippen LogP contribution in [0.5, 0.6) is 0 Å². The van der Waals surface area contributed by atoms with Gasteiger partial charge in [0.25, 0.3) is 5.56 Å². The highest BCUT2D eigenvalue weighted by molar-refractivity contribution is 5.59. The summed E-state index contributed by atoms with van der Waals surface area (Å²) in [5.74, 6) is 0. The molecule has 0 unspecified atom stereocenters. The van der Waals surface area contributed by atoms with Crippen molar-refractivity contribution < 1.29 is 0 Å². The van der Waals surface area contributed by atoms with Crippen LogP contribution in [0.15, 0.2) is 64.6 Å². The predicted molar refractivity (Wildman–Crippen MR) is 107 cm³/mol. The molecule has 0 aliphatic heterocycles. The molecule has 4 aromatic rings. The second-order valence-electron chi connectivity index (χ2n) is 6.60. The summed E-state index contributed by atoms with van der Waals surface area (Å²) in [7, 11) is 0. The molecule has 3 heterocycles. The molecule has 0 saturated heterocycles. The molecule has 142 valence electrons. The van der Waals surface area contributed by atoms with Crippen LogP contribution in [0.3, 0.4) is 0 Å². The van der Waals surface area contributed by atoms with Gasteiger partial charge in [0, 0.05) is 18.6 Å². The summed E-state index contributed by atoms with van der Waals surface area (Å²) >= 11 is 0.